The first-order chi connectivity index (χ1) is 9.60. The van der Waals surface area contributed by atoms with Crippen LogP contribution in [-0.2, 0) is 4.79 Å². The van der Waals surface area contributed by atoms with E-state index in [1.54, 1.807) is 25.3 Å². The monoisotopic (exact) mass is 296 g/mol. The Balaban J connectivity index is 1.95. The molecule has 2 rings (SSSR count). The van der Waals surface area contributed by atoms with E-state index in [4.69, 9.17) is 16.3 Å². The third-order valence-corrected chi connectivity index (χ3v) is 3.97. The molecule has 1 fully saturated rings. The van der Waals surface area contributed by atoms with E-state index in [0.717, 1.165) is 12.8 Å². The molecule has 1 amide bonds. The summed E-state index contributed by atoms with van der Waals surface area (Å²) in [7, 11) is 1.60. The molecule has 1 aromatic carbocycles. The van der Waals surface area contributed by atoms with Crippen LogP contribution in [-0.4, -0.2) is 25.1 Å². The first kappa shape index (κ1) is 15.0. The van der Waals surface area contributed by atoms with Gasteiger partial charge in [0.1, 0.15) is 11.8 Å². The van der Waals surface area contributed by atoms with E-state index in [1.807, 2.05) is 6.92 Å². The number of carbonyl (C=O) groups excluding carboxylic acids is 1. The van der Waals surface area contributed by atoms with Gasteiger partial charge in [-0.15, -0.1) is 0 Å². The average molecular weight is 297 g/mol. The van der Waals surface area contributed by atoms with Crippen LogP contribution in [0.25, 0.3) is 0 Å². The standard InChI is InChI=1S/C15H21ClN2O2/c1-10(15(19)18-11-5-3-4-6-11)17-14-9-12(20-2)7-8-13(14)16/h7-11,17H,3-6H2,1-2H3,(H,18,19). The van der Waals surface area contributed by atoms with Gasteiger partial charge in [0.05, 0.1) is 17.8 Å². The molecule has 4 nitrogen and oxygen atoms in total. The summed E-state index contributed by atoms with van der Waals surface area (Å²) in [4.78, 5) is 12.1. The summed E-state index contributed by atoms with van der Waals surface area (Å²) in [6.45, 7) is 1.83. The Morgan fingerprint density at radius 1 is 1.40 bits per heavy atom. The molecule has 0 saturated heterocycles. The van der Waals surface area contributed by atoms with Crippen molar-refractivity contribution in [1.29, 1.82) is 0 Å². The molecule has 2 N–H and O–H groups in total. The van der Waals surface area contributed by atoms with Crippen molar-refractivity contribution in [3.8, 4) is 5.75 Å². The largest absolute Gasteiger partial charge is 0.497 e. The quantitative estimate of drug-likeness (QED) is 0.877. The second-order valence-corrected chi connectivity index (χ2v) is 5.61. The number of carbonyl (C=O) groups is 1. The molecule has 5 heteroatoms. The highest BCUT2D eigenvalue weighted by atomic mass is 35.5. The highest BCUT2D eigenvalue weighted by molar-refractivity contribution is 6.33. The number of halogens is 1. The summed E-state index contributed by atoms with van der Waals surface area (Å²) in [6, 6.07) is 5.33. The van der Waals surface area contributed by atoms with Gasteiger partial charge in [-0.25, -0.2) is 0 Å². The highest BCUT2D eigenvalue weighted by Gasteiger charge is 2.21. The number of nitrogens with one attached hydrogen (secondary N) is 2. The van der Waals surface area contributed by atoms with Gasteiger partial charge in [0, 0.05) is 12.1 Å². The highest BCUT2D eigenvalue weighted by Crippen LogP contribution is 2.27. The summed E-state index contributed by atoms with van der Waals surface area (Å²) in [5.74, 6) is 0.719. The van der Waals surface area contributed by atoms with Gasteiger partial charge in [0.15, 0.2) is 0 Å². The number of rotatable bonds is 5. The molecule has 0 aromatic heterocycles. The van der Waals surface area contributed by atoms with Gasteiger partial charge in [-0.05, 0) is 31.9 Å². The maximum atomic E-state index is 12.1. The summed E-state index contributed by atoms with van der Waals surface area (Å²) in [5, 5.41) is 6.78. The third kappa shape index (κ3) is 3.79. The molecule has 110 valence electrons. The Hall–Kier alpha value is -1.42. The lowest BCUT2D eigenvalue weighted by Crippen LogP contribution is -2.42. The molecule has 0 heterocycles. The van der Waals surface area contributed by atoms with Crippen LogP contribution in [0.1, 0.15) is 32.6 Å². The van der Waals surface area contributed by atoms with Crippen LogP contribution in [0.2, 0.25) is 5.02 Å². The molecule has 20 heavy (non-hydrogen) atoms. The zero-order chi connectivity index (χ0) is 14.5. The number of ether oxygens (including phenoxy) is 1. The molecular weight excluding hydrogens is 276 g/mol. The van der Waals surface area contributed by atoms with Crippen molar-refractivity contribution < 1.29 is 9.53 Å². The first-order valence-corrected chi connectivity index (χ1v) is 7.38. The van der Waals surface area contributed by atoms with E-state index in [1.165, 1.54) is 12.8 Å². The average Bonchev–Trinajstić information content (AvgIpc) is 2.94. The van der Waals surface area contributed by atoms with Crippen molar-refractivity contribution in [3.05, 3.63) is 23.2 Å². The van der Waals surface area contributed by atoms with Gasteiger partial charge in [-0.3, -0.25) is 4.79 Å². The number of methoxy groups -OCH3 is 1. The summed E-state index contributed by atoms with van der Waals surface area (Å²) < 4.78 is 5.16. The van der Waals surface area contributed by atoms with Crippen molar-refractivity contribution in [2.45, 2.75) is 44.7 Å². The van der Waals surface area contributed by atoms with Crippen LogP contribution in [0.5, 0.6) is 5.75 Å². The van der Waals surface area contributed by atoms with Crippen molar-refractivity contribution in [1.82, 2.24) is 5.32 Å². The van der Waals surface area contributed by atoms with E-state index in [0.29, 0.717) is 22.5 Å². The van der Waals surface area contributed by atoms with Crippen molar-refractivity contribution in [2.75, 3.05) is 12.4 Å². The fraction of sp³-hybridized carbons (Fsp3) is 0.533. The van der Waals surface area contributed by atoms with Crippen LogP contribution in [0, 0.1) is 0 Å². The fourth-order valence-electron chi connectivity index (χ4n) is 2.44. The minimum atomic E-state index is -0.333. The second-order valence-electron chi connectivity index (χ2n) is 5.20. The Kier molecular flexibility index (Phi) is 5.12. The van der Waals surface area contributed by atoms with Gasteiger partial charge in [0.2, 0.25) is 5.91 Å². The van der Waals surface area contributed by atoms with E-state index in [9.17, 15) is 4.79 Å². The normalized spacial score (nSPS) is 16.8. The van der Waals surface area contributed by atoms with Crippen LogP contribution in [0.15, 0.2) is 18.2 Å². The molecule has 1 saturated carbocycles. The van der Waals surface area contributed by atoms with E-state index >= 15 is 0 Å². The lowest BCUT2D eigenvalue weighted by atomic mass is 10.2. The topological polar surface area (TPSA) is 50.4 Å². The molecular formula is C15H21ClN2O2. The molecule has 1 atom stereocenters. The molecule has 0 radical (unpaired) electrons. The third-order valence-electron chi connectivity index (χ3n) is 3.64. The molecule has 0 spiro atoms. The Morgan fingerprint density at radius 2 is 2.10 bits per heavy atom. The minimum Gasteiger partial charge on any atom is -0.497 e. The van der Waals surface area contributed by atoms with E-state index < -0.39 is 0 Å². The molecule has 1 aromatic rings. The maximum absolute atomic E-state index is 12.1. The van der Waals surface area contributed by atoms with Gasteiger partial charge >= 0.3 is 0 Å². The molecule has 1 aliphatic carbocycles. The van der Waals surface area contributed by atoms with Gasteiger partial charge < -0.3 is 15.4 Å². The number of anilines is 1. The summed E-state index contributed by atoms with van der Waals surface area (Å²) >= 11 is 6.12. The fourth-order valence-corrected chi connectivity index (χ4v) is 2.61. The predicted octanol–water partition coefficient (Wildman–Crippen LogP) is 3.21. The van der Waals surface area contributed by atoms with Gasteiger partial charge in [-0.2, -0.15) is 0 Å². The number of hydrogen-bond donors (Lipinski definition) is 2. The van der Waals surface area contributed by atoms with Crippen molar-refractivity contribution >= 4 is 23.2 Å². The summed E-state index contributed by atoms with van der Waals surface area (Å²) in [6.07, 6.45) is 4.57. The Bertz CT molecular complexity index is 473. The molecule has 1 unspecified atom stereocenters. The minimum absolute atomic E-state index is 0.00999. The first-order valence-electron chi connectivity index (χ1n) is 7.00. The molecule has 1 aliphatic rings. The number of benzene rings is 1. The van der Waals surface area contributed by atoms with Crippen LogP contribution < -0.4 is 15.4 Å². The van der Waals surface area contributed by atoms with Crippen molar-refractivity contribution in [3.63, 3.8) is 0 Å². The maximum Gasteiger partial charge on any atom is 0.242 e. The number of hydrogen-bond acceptors (Lipinski definition) is 3. The van der Waals surface area contributed by atoms with Crippen LogP contribution in [0.3, 0.4) is 0 Å². The van der Waals surface area contributed by atoms with Crippen LogP contribution >= 0.6 is 11.6 Å². The number of amides is 1. The second kappa shape index (κ2) is 6.84. The van der Waals surface area contributed by atoms with E-state index in [-0.39, 0.29) is 11.9 Å². The zero-order valence-electron chi connectivity index (χ0n) is 11.9. The zero-order valence-corrected chi connectivity index (χ0v) is 12.7. The lowest BCUT2D eigenvalue weighted by Gasteiger charge is -2.19. The molecule has 0 bridgehead atoms. The van der Waals surface area contributed by atoms with Crippen LogP contribution in [0.4, 0.5) is 5.69 Å². The summed E-state index contributed by atoms with van der Waals surface area (Å²) in [5.41, 5.74) is 0.708. The van der Waals surface area contributed by atoms with Gasteiger partial charge in [0.25, 0.3) is 0 Å². The van der Waals surface area contributed by atoms with Gasteiger partial charge in [-0.1, -0.05) is 24.4 Å². The molecule has 0 aliphatic heterocycles. The Morgan fingerprint density at radius 3 is 2.75 bits per heavy atom. The van der Waals surface area contributed by atoms with E-state index in [2.05, 4.69) is 10.6 Å². The van der Waals surface area contributed by atoms with Crippen molar-refractivity contribution in [2.24, 2.45) is 0 Å². The predicted molar refractivity (Wildman–Crippen MR) is 81.5 cm³/mol. The smallest absolute Gasteiger partial charge is 0.242 e. The SMILES string of the molecule is COc1ccc(Cl)c(NC(C)C(=O)NC2CCCC2)c1. The lowest BCUT2D eigenvalue weighted by molar-refractivity contribution is -0.122. The Labute approximate surface area is 124 Å².